The first kappa shape index (κ1) is 34.1. The van der Waals surface area contributed by atoms with Crippen molar-refractivity contribution in [2.75, 3.05) is 26.7 Å². The van der Waals surface area contributed by atoms with E-state index >= 15 is 0 Å². The van der Waals surface area contributed by atoms with E-state index < -0.39 is 6.23 Å². The summed E-state index contributed by atoms with van der Waals surface area (Å²) < 4.78 is 6.97. The van der Waals surface area contributed by atoms with Crippen LogP contribution in [0.3, 0.4) is 0 Å². The molecule has 1 fully saturated rings. The Morgan fingerprint density at radius 3 is 2.67 bits per heavy atom. The zero-order valence-corrected chi connectivity index (χ0v) is 28.2. The molecule has 1 unspecified atom stereocenters. The number of hydrogen-bond donors (Lipinski definition) is 3. The van der Waals surface area contributed by atoms with Gasteiger partial charge in [0.2, 0.25) is 0 Å². The molecule has 6 rings (SSSR count). The lowest BCUT2D eigenvalue weighted by molar-refractivity contribution is -0.145. The van der Waals surface area contributed by atoms with Gasteiger partial charge in [0.25, 0.3) is 0 Å². The highest BCUT2D eigenvalue weighted by Crippen LogP contribution is 2.35. The SMILES string of the molecule is CNC(O)c1ccccc1Sc1ccc2c(/C=C/c3ccccn3)nn(C(=O)N(CCC(=O)OCc3ccccc3)C[C@@H]3CCCN3)c2c1. The Bertz CT molecular complexity index is 1890. The summed E-state index contributed by atoms with van der Waals surface area (Å²) in [6.07, 6.45) is 6.68. The van der Waals surface area contributed by atoms with Crippen molar-refractivity contribution < 1.29 is 19.4 Å². The summed E-state index contributed by atoms with van der Waals surface area (Å²) in [6.45, 7) is 1.70. The third kappa shape index (κ3) is 8.81. The Morgan fingerprint density at radius 1 is 1.08 bits per heavy atom. The van der Waals surface area contributed by atoms with Crippen LogP contribution in [0.4, 0.5) is 4.79 Å². The fourth-order valence-electron chi connectivity index (χ4n) is 5.79. The van der Waals surface area contributed by atoms with Crippen LogP contribution >= 0.6 is 11.8 Å². The third-order valence-corrected chi connectivity index (χ3v) is 9.46. The van der Waals surface area contributed by atoms with Gasteiger partial charge in [-0.25, -0.2) is 4.79 Å². The van der Waals surface area contributed by atoms with Gasteiger partial charge in [0.1, 0.15) is 12.8 Å². The number of carbonyl (C=O) groups is 2. The van der Waals surface area contributed by atoms with Crippen LogP contribution in [0.1, 0.15) is 48.0 Å². The normalized spacial score (nSPS) is 15.1. The highest BCUT2D eigenvalue weighted by atomic mass is 32.2. The van der Waals surface area contributed by atoms with E-state index in [2.05, 4.69) is 15.6 Å². The first-order chi connectivity index (χ1) is 24.0. The maximum absolute atomic E-state index is 14.4. The average Bonchev–Trinajstić information content (AvgIpc) is 3.80. The van der Waals surface area contributed by atoms with Crippen molar-refractivity contribution >= 4 is 46.8 Å². The second kappa shape index (κ2) is 16.5. The van der Waals surface area contributed by atoms with Gasteiger partial charge in [0.05, 0.1) is 23.3 Å². The van der Waals surface area contributed by atoms with E-state index in [1.807, 2.05) is 103 Å². The summed E-state index contributed by atoms with van der Waals surface area (Å²) in [5.74, 6) is -0.369. The van der Waals surface area contributed by atoms with Crippen LogP contribution in [0.15, 0.2) is 107 Å². The molecule has 10 nitrogen and oxygen atoms in total. The predicted molar refractivity (Wildman–Crippen MR) is 192 cm³/mol. The quantitative estimate of drug-likeness (QED) is 0.100. The first-order valence-electron chi connectivity index (χ1n) is 16.4. The van der Waals surface area contributed by atoms with Crippen LogP contribution in [-0.2, 0) is 16.1 Å². The Balaban J connectivity index is 1.31. The predicted octanol–water partition coefficient (Wildman–Crippen LogP) is 6.12. The molecule has 0 saturated carbocycles. The fourth-order valence-corrected chi connectivity index (χ4v) is 6.79. The summed E-state index contributed by atoms with van der Waals surface area (Å²) in [4.78, 5) is 35.1. The molecule has 11 heteroatoms. The Kier molecular flexibility index (Phi) is 11.5. The van der Waals surface area contributed by atoms with Crippen molar-refractivity contribution in [3.8, 4) is 0 Å². The smallest absolute Gasteiger partial charge is 0.345 e. The van der Waals surface area contributed by atoms with Gasteiger partial charge in [0, 0.05) is 46.1 Å². The van der Waals surface area contributed by atoms with Crippen molar-refractivity contribution in [1.82, 2.24) is 30.3 Å². The molecule has 2 atom stereocenters. The van der Waals surface area contributed by atoms with E-state index in [9.17, 15) is 14.7 Å². The largest absolute Gasteiger partial charge is 0.461 e. The minimum Gasteiger partial charge on any atom is -0.461 e. The van der Waals surface area contributed by atoms with Crippen molar-refractivity contribution in [3.05, 3.63) is 120 Å². The van der Waals surface area contributed by atoms with Crippen molar-refractivity contribution in [2.45, 2.75) is 47.9 Å². The van der Waals surface area contributed by atoms with Gasteiger partial charge in [-0.15, -0.1) is 0 Å². The summed E-state index contributed by atoms with van der Waals surface area (Å²) in [6, 6.07) is 28.6. The number of fused-ring (bicyclic) bond motifs is 1. The second-order valence-electron chi connectivity index (χ2n) is 11.8. The first-order valence-corrected chi connectivity index (χ1v) is 17.3. The molecule has 0 spiro atoms. The fraction of sp³-hybridized carbons (Fsp3) is 0.263. The number of hydrogen-bond acceptors (Lipinski definition) is 9. The van der Waals surface area contributed by atoms with Gasteiger partial charge in [-0.1, -0.05) is 66.4 Å². The monoisotopic (exact) mass is 676 g/mol. The molecule has 5 aromatic rings. The van der Waals surface area contributed by atoms with E-state index in [4.69, 9.17) is 9.84 Å². The molecule has 0 radical (unpaired) electrons. The number of pyridine rings is 1. The summed E-state index contributed by atoms with van der Waals surface area (Å²) in [5.41, 5.74) is 3.69. The van der Waals surface area contributed by atoms with Crippen molar-refractivity contribution in [1.29, 1.82) is 0 Å². The van der Waals surface area contributed by atoms with Crippen LogP contribution < -0.4 is 10.6 Å². The Morgan fingerprint density at radius 2 is 1.90 bits per heavy atom. The molecular weight excluding hydrogens is 637 g/mol. The molecule has 1 aliphatic heterocycles. The zero-order valence-electron chi connectivity index (χ0n) is 27.4. The number of aliphatic hydroxyl groups is 1. The van der Waals surface area contributed by atoms with Gasteiger partial charge in [-0.3, -0.25) is 15.1 Å². The molecule has 1 aliphatic rings. The van der Waals surface area contributed by atoms with E-state index in [0.717, 1.165) is 51.4 Å². The number of aliphatic hydroxyl groups excluding tert-OH is 1. The van der Waals surface area contributed by atoms with Gasteiger partial charge < -0.3 is 20.1 Å². The molecular formula is C38H40N6O4S. The highest BCUT2D eigenvalue weighted by molar-refractivity contribution is 7.99. The number of nitrogens with one attached hydrogen (secondary N) is 2. The lowest BCUT2D eigenvalue weighted by atomic mass is 10.2. The molecule has 3 aromatic carbocycles. The molecule has 49 heavy (non-hydrogen) atoms. The van der Waals surface area contributed by atoms with Gasteiger partial charge in [-0.2, -0.15) is 9.78 Å². The number of carbonyl (C=O) groups excluding carboxylic acids is 2. The minimum atomic E-state index is -0.819. The van der Waals surface area contributed by atoms with Crippen LogP contribution in [0, 0.1) is 0 Å². The molecule has 252 valence electrons. The summed E-state index contributed by atoms with van der Waals surface area (Å²) in [5, 5.41) is 22.6. The lowest BCUT2D eigenvalue weighted by Crippen LogP contribution is -2.44. The van der Waals surface area contributed by atoms with Crippen molar-refractivity contribution in [3.63, 3.8) is 0 Å². The van der Waals surface area contributed by atoms with Crippen molar-refractivity contribution in [2.24, 2.45) is 0 Å². The van der Waals surface area contributed by atoms with Gasteiger partial charge in [0.15, 0.2) is 0 Å². The van der Waals surface area contributed by atoms with Crippen LogP contribution in [0.5, 0.6) is 0 Å². The molecule has 3 N–H and O–H groups in total. The highest BCUT2D eigenvalue weighted by Gasteiger charge is 2.26. The molecule has 1 amide bonds. The maximum Gasteiger partial charge on any atom is 0.345 e. The number of ether oxygens (including phenoxy) is 1. The number of aromatic nitrogens is 3. The Labute approximate surface area is 290 Å². The molecule has 0 bridgehead atoms. The van der Waals surface area contributed by atoms with E-state index in [0.29, 0.717) is 17.8 Å². The Hall–Kier alpha value is -4.81. The number of nitrogens with zero attached hydrogens (tertiary/aromatic N) is 4. The summed E-state index contributed by atoms with van der Waals surface area (Å²) >= 11 is 1.50. The lowest BCUT2D eigenvalue weighted by Gasteiger charge is -2.25. The van der Waals surface area contributed by atoms with Gasteiger partial charge in [-0.05, 0) is 80.5 Å². The molecule has 3 heterocycles. The maximum atomic E-state index is 14.4. The average molecular weight is 677 g/mol. The van der Waals surface area contributed by atoms with E-state index in [-0.39, 0.29) is 37.6 Å². The van der Waals surface area contributed by atoms with Crippen LogP contribution in [-0.4, -0.2) is 69.5 Å². The molecule has 0 aliphatic carbocycles. The topological polar surface area (TPSA) is 122 Å². The van der Waals surface area contributed by atoms with Crippen LogP contribution in [0.25, 0.3) is 23.1 Å². The third-order valence-electron chi connectivity index (χ3n) is 8.38. The minimum absolute atomic E-state index is 0.0581. The standard InChI is InChI=1S/C38H40N6O4S/c1-39-37(46)32-14-5-6-15-35(32)49-30-17-18-31-33(19-16-28-12-7-8-21-40-28)42-44(34(31)24-30)38(47)43(25-29-13-9-22-41-29)23-20-36(45)48-26-27-10-3-2-4-11-27/h2-8,10-12,14-19,21,24,29,37,39,41,46H,9,13,20,22-23,25-26H2,1H3/b19-16+/t29-,37?/m0/s1. The summed E-state index contributed by atoms with van der Waals surface area (Å²) in [7, 11) is 1.71. The second-order valence-corrected chi connectivity index (χ2v) is 12.9. The van der Waals surface area contributed by atoms with E-state index in [1.165, 1.54) is 16.4 Å². The zero-order chi connectivity index (χ0) is 34.0. The molecule has 2 aromatic heterocycles. The number of rotatable bonds is 13. The molecule has 1 saturated heterocycles. The van der Waals surface area contributed by atoms with Gasteiger partial charge >= 0.3 is 12.0 Å². The van der Waals surface area contributed by atoms with Crippen LogP contribution in [0.2, 0.25) is 0 Å². The number of benzene rings is 3. The number of esters is 1. The number of amides is 1. The van der Waals surface area contributed by atoms with E-state index in [1.54, 1.807) is 18.1 Å².